The number of aliphatic hydroxyl groups excluding tert-OH is 1. The third-order valence-corrected chi connectivity index (χ3v) is 1.77. The zero-order valence-corrected chi connectivity index (χ0v) is 8.13. The van der Waals surface area contributed by atoms with Crippen LogP contribution in [0.3, 0.4) is 0 Å². The summed E-state index contributed by atoms with van der Waals surface area (Å²) in [7, 11) is 0. The highest BCUT2D eigenvalue weighted by molar-refractivity contribution is 5.96. The lowest BCUT2D eigenvalue weighted by molar-refractivity contribution is -0.125. The number of aliphatic hydroxyl groups is 1. The number of Topliss-reactive ketones (excluding diaryl/α,β-unsaturated/α-hetero) is 1. The highest BCUT2D eigenvalue weighted by Crippen LogP contribution is 1.93. The van der Waals surface area contributed by atoms with Crippen LogP contribution in [0.25, 0.3) is 0 Å². The first-order valence-electron chi connectivity index (χ1n) is 4.08. The standard InChI is InChI=1S/C9H15NO3/c1-4-6(2)9(13)10-8(5-11)7(3)12/h4,8,11H,5H2,1-3H3,(H,10,13)/b6-4+/t8-/m0/s1. The van der Waals surface area contributed by atoms with Gasteiger partial charge in [-0.2, -0.15) is 0 Å². The van der Waals surface area contributed by atoms with E-state index in [1.54, 1.807) is 19.9 Å². The Labute approximate surface area is 77.6 Å². The van der Waals surface area contributed by atoms with Crippen molar-refractivity contribution in [3.8, 4) is 0 Å². The molecule has 4 nitrogen and oxygen atoms in total. The Morgan fingerprint density at radius 3 is 2.31 bits per heavy atom. The fourth-order valence-electron chi connectivity index (χ4n) is 0.679. The van der Waals surface area contributed by atoms with E-state index in [9.17, 15) is 9.59 Å². The highest BCUT2D eigenvalue weighted by atomic mass is 16.3. The molecule has 0 aromatic carbocycles. The molecule has 74 valence electrons. The molecule has 0 radical (unpaired) electrons. The van der Waals surface area contributed by atoms with Gasteiger partial charge in [-0.1, -0.05) is 6.08 Å². The Morgan fingerprint density at radius 1 is 1.46 bits per heavy atom. The van der Waals surface area contributed by atoms with Crippen LogP contribution in [0.4, 0.5) is 0 Å². The van der Waals surface area contributed by atoms with Gasteiger partial charge in [0.2, 0.25) is 5.91 Å². The predicted molar refractivity (Wildman–Crippen MR) is 49.1 cm³/mol. The van der Waals surface area contributed by atoms with Gasteiger partial charge in [-0.3, -0.25) is 9.59 Å². The van der Waals surface area contributed by atoms with Crippen molar-refractivity contribution in [3.63, 3.8) is 0 Å². The lowest BCUT2D eigenvalue weighted by atomic mass is 10.2. The number of hydrogen-bond donors (Lipinski definition) is 2. The smallest absolute Gasteiger partial charge is 0.247 e. The first-order chi connectivity index (χ1) is 6.02. The fourth-order valence-corrected chi connectivity index (χ4v) is 0.679. The predicted octanol–water partition coefficient (Wildman–Crippen LogP) is 0.0187. The third kappa shape index (κ3) is 3.85. The summed E-state index contributed by atoms with van der Waals surface area (Å²) in [5.41, 5.74) is 0.528. The summed E-state index contributed by atoms with van der Waals surface area (Å²) in [6, 6.07) is -0.789. The number of carbonyl (C=O) groups is 2. The Balaban J connectivity index is 4.26. The lowest BCUT2D eigenvalue weighted by Crippen LogP contribution is -2.42. The van der Waals surface area contributed by atoms with Gasteiger partial charge in [-0.15, -0.1) is 0 Å². The number of amides is 1. The van der Waals surface area contributed by atoms with E-state index in [1.165, 1.54) is 6.92 Å². The number of nitrogens with one attached hydrogen (secondary N) is 1. The van der Waals surface area contributed by atoms with Gasteiger partial charge < -0.3 is 10.4 Å². The summed E-state index contributed by atoms with van der Waals surface area (Å²) in [5, 5.41) is 11.2. The van der Waals surface area contributed by atoms with Crippen molar-refractivity contribution in [3.05, 3.63) is 11.6 Å². The molecule has 1 atom stereocenters. The molecule has 13 heavy (non-hydrogen) atoms. The Hall–Kier alpha value is -1.16. The molecule has 1 amide bonds. The van der Waals surface area contributed by atoms with Crippen molar-refractivity contribution in [2.24, 2.45) is 0 Å². The average molecular weight is 185 g/mol. The van der Waals surface area contributed by atoms with Crippen LogP contribution in [0.5, 0.6) is 0 Å². The van der Waals surface area contributed by atoms with Crippen molar-refractivity contribution in [2.75, 3.05) is 6.61 Å². The molecule has 0 spiro atoms. The summed E-state index contributed by atoms with van der Waals surface area (Å²) in [4.78, 5) is 22.0. The SMILES string of the molecule is C/C=C(\C)C(=O)N[C@@H](CO)C(C)=O. The van der Waals surface area contributed by atoms with Crippen LogP contribution in [0.15, 0.2) is 11.6 Å². The van der Waals surface area contributed by atoms with Crippen molar-refractivity contribution in [1.29, 1.82) is 0 Å². The van der Waals surface area contributed by atoms with Crippen LogP contribution in [-0.4, -0.2) is 29.4 Å². The molecule has 0 unspecified atom stereocenters. The molecule has 0 bridgehead atoms. The van der Waals surface area contributed by atoms with E-state index in [1.807, 2.05) is 0 Å². The zero-order chi connectivity index (χ0) is 10.4. The minimum atomic E-state index is -0.789. The molecular weight excluding hydrogens is 170 g/mol. The van der Waals surface area contributed by atoms with Gasteiger partial charge in [0, 0.05) is 5.57 Å². The monoisotopic (exact) mass is 185 g/mol. The van der Waals surface area contributed by atoms with Gasteiger partial charge >= 0.3 is 0 Å². The van der Waals surface area contributed by atoms with Gasteiger partial charge in [0.1, 0.15) is 6.04 Å². The number of rotatable bonds is 4. The molecule has 0 aromatic rings. The average Bonchev–Trinajstić information content (AvgIpc) is 2.11. The molecule has 0 aliphatic rings. The molecule has 0 saturated heterocycles. The lowest BCUT2D eigenvalue weighted by Gasteiger charge is -2.12. The summed E-state index contributed by atoms with van der Waals surface area (Å²) in [5.74, 6) is -0.573. The molecule has 2 N–H and O–H groups in total. The van der Waals surface area contributed by atoms with Crippen LogP contribution >= 0.6 is 0 Å². The molecule has 4 heteroatoms. The number of ketones is 1. The minimum absolute atomic E-state index is 0.250. The number of hydrogen-bond acceptors (Lipinski definition) is 3. The van der Waals surface area contributed by atoms with E-state index in [2.05, 4.69) is 5.32 Å². The van der Waals surface area contributed by atoms with Gasteiger partial charge in [0.25, 0.3) is 0 Å². The number of carbonyl (C=O) groups excluding carboxylic acids is 2. The van der Waals surface area contributed by atoms with E-state index in [0.717, 1.165) is 0 Å². The largest absolute Gasteiger partial charge is 0.394 e. The minimum Gasteiger partial charge on any atom is -0.394 e. The molecule has 0 rings (SSSR count). The quantitative estimate of drug-likeness (QED) is 0.607. The summed E-state index contributed by atoms with van der Waals surface area (Å²) in [6.45, 7) is 4.34. The molecule has 0 heterocycles. The first-order valence-corrected chi connectivity index (χ1v) is 4.08. The summed E-state index contributed by atoms with van der Waals surface area (Å²) < 4.78 is 0. The van der Waals surface area contributed by atoms with Crippen LogP contribution in [0.2, 0.25) is 0 Å². The molecule has 0 aliphatic carbocycles. The molecule has 0 saturated carbocycles. The van der Waals surface area contributed by atoms with Crippen LogP contribution in [-0.2, 0) is 9.59 Å². The highest BCUT2D eigenvalue weighted by Gasteiger charge is 2.15. The van der Waals surface area contributed by atoms with E-state index in [0.29, 0.717) is 5.57 Å². The normalized spacial score (nSPS) is 13.7. The van der Waals surface area contributed by atoms with Gasteiger partial charge in [-0.05, 0) is 20.8 Å². The van der Waals surface area contributed by atoms with Crippen molar-refractivity contribution in [2.45, 2.75) is 26.8 Å². The summed E-state index contributed by atoms with van der Waals surface area (Å²) in [6.07, 6.45) is 1.64. The van der Waals surface area contributed by atoms with E-state index in [4.69, 9.17) is 5.11 Å². The van der Waals surface area contributed by atoms with E-state index >= 15 is 0 Å². The fraction of sp³-hybridized carbons (Fsp3) is 0.556. The van der Waals surface area contributed by atoms with Crippen molar-refractivity contribution in [1.82, 2.24) is 5.32 Å². The molecule has 0 fully saturated rings. The Bertz CT molecular complexity index is 233. The maximum absolute atomic E-state index is 11.2. The van der Waals surface area contributed by atoms with Gasteiger partial charge in [-0.25, -0.2) is 0 Å². The topological polar surface area (TPSA) is 66.4 Å². The maximum Gasteiger partial charge on any atom is 0.247 e. The Kier molecular flexibility index (Phi) is 4.99. The second kappa shape index (κ2) is 5.48. The summed E-state index contributed by atoms with van der Waals surface area (Å²) >= 11 is 0. The number of allylic oxidation sites excluding steroid dienone is 1. The molecular formula is C9H15NO3. The van der Waals surface area contributed by atoms with Crippen molar-refractivity contribution >= 4 is 11.7 Å². The van der Waals surface area contributed by atoms with E-state index in [-0.39, 0.29) is 18.3 Å². The Morgan fingerprint density at radius 2 is 2.00 bits per heavy atom. The van der Waals surface area contributed by atoms with Gasteiger partial charge in [0.05, 0.1) is 6.61 Å². The van der Waals surface area contributed by atoms with Crippen LogP contribution in [0, 0.1) is 0 Å². The first kappa shape index (κ1) is 11.8. The van der Waals surface area contributed by atoms with E-state index < -0.39 is 6.04 Å². The van der Waals surface area contributed by atoms with Crippen LogP contribution < -0.4 is 5.32 Å². The molecule has 0 aromatic heterocycles. The van der Waals surface area contributed by atoms with Gasteiger partial charge in [0.15, 0.2) is 5.78 Å². The second-order valence-electron chi connectivity index (χ2n) is 2.79. The second-order valence-corrected chi connectivity index (χ2v) is 2.79. The van der Waals surface area contributed by atoms with Crippen LogP contribution in [0.1, 0.15) is 20.8 Å². The van der Waals surface area contributed by atoms with Crippen molar-refractivity contribution < 1.29 is 14.7 Å². The zero-order valence-electron chi connectivity index (χ0n) is 8.13. The molecule has 0 aliphatic heterocycles. The third-order valence-electron chi connectivity index (χ3n) is 1.77. The maximum atomic E-state index is 11.2.